The van der Waals surface area contributed by atoms with Gasteiger partial charge in [0.25, 0.3) is 0 Å². The van der Waals surface area contributed by atoms with Crippen molar-refractivity contribution in [3.05, 3.63) is 42.4 Å². The topological polar surface area (TPSA) is 51.8 Å². The Morgan fingerprint density at radius 2 is 1.57 bits per heavy atom. The molecular weight excluding hydrogens is 174 g/mol. The van der Waals surface area contributed by atoms with Gasteiger partial charge in [-0.1, -0.05) is 6.07 Å². The highest BCUT2D eigenvalue weighted by Gasteiger charge is 1.97. The highest BCUT2D eigenvalue weighted by atomic mass is 14.8. The van der Waals surface area contributed by atoms with Gasteiger partial charge in [-0.25, -0.2) is 4.98 Å². The highest BCUT2D eigenvalue weighted by molar-refractivity contribution is 5.62. The first-order valence-corrected chi connectivity index (χ1v) is 4.40. The standard InChI is InChI=1S/C11H11N3/c1-8-2-3-9(6-13-8)10-4-5-11(12)14-7-10/h2-7H,1H3,(H2,12,14). The predicted octanol–water partition coefficient (Wildman–Crippen LogP) is 2.03. The Kier molecular flexibility index (Phi) is 2.14. The van der Waals surface area contributed by atoms with Crippen LogP contribution in [0.25, 0.3) is 11.1 Å². The maximum atomic E-state index is 5.50. The number of hydrogen-bond acceptors (Lipinski definition) is 3. The van der Waals surface area contributed by atoms with Crippen molar-refractivity contribution in [2.75, 3.05) is 5.73 Å². The Labute approximate surface area is 82.6 Å². The quantitative estimate of drug-likeness (QED) is 0.739. The van der Waals surface area contributed by atoms with Crippen LogP contribution in [0.5, 0.6) is 0 Å². The molecule has 0 aliphatic rings. The summed E-state index contributed by atoms with van der Waals surface area (Å²) in [5.41, 5.74) is 8.61. The van der Waals surface area contributed by atoms with Gasteiger partial charge < -0.3 is 5.73 Å². The van der Waals surface area contributed by atoms with E-state index in [4.69, 9.17) is 5.73 Å². The number of rotatable bonds is 1. The molecule has 2 N–H and O–H groups in total. The fourth-order valence-corrected chi connectivity index (χ4v) is 1.21. The molecule has 70 valence electrons. The molecular formula is C11H11N3. The number of hydrogen-bond donors (Lipinski definition) is 1. The van der Waals surface area contributed by atoms with Crippen LogP contribution in [0.15, 0.2) is 36.7 Å². The number of nitrogens with two attached hydrogens (primary N) is 1. The summed E-state index contributed by atoms with van der Waals surface area (Å²) in [5, 5.41) is 0. The Balaban J connectivity index is 2.40. The van der Waals surface area contributed by atoms with Crippen LogP contribution in [0.1, 0.15) is 5.69 Å². The van der Waals surface area contributed by atoms with Crippen molar-refractivity contribution >= 4 is 5.82 Å². The number of nitrogens with zero attached hydrogens (tertiary/aromatic N) is 2. The second kappa shape index (κ2) is 3.46. The molecule has 2 aromatic heterocycles. The fraction of sp³-hybridized carbons (Fsp3) is 0.0909. The third kappa shape index (κ3) is 1.71. The summed E-state index contributed by atoms with van der Waals surface area (Å²) in [4.78, 5) is 8.25. The Hall–Kier alpha value is -1.90. The first kappa shape index (κ1) is 8.69. The Bertz CT molecular complexity index is 374. The average Bonchev–Trinajstić information content (AvgIpc) is 2.21. The van der Waals surface area contributed by atoms with Gasteiger partial charge in [0.2, 0.25) is 0 Å². The maximum absolute atomic E-state index is 5.50. The number of pyridine rings is 2. The summed E-state index contributed by atoms with van der Waals surface area (Å²) in [6.07, 6.45) is 3.59. The van der Waals surface area contributed by atoms with Crippen LogP contribution in [-0.4, -0.2) is 9.97 Å². The summed E-state index contributed by atoms with van der Waals surface area (Å²) in [6, 6.07) is 7.73. The monoisotopic (exact) mass is 185 g/mol. The molecule has 0 fully saturated rings. The maximum Gasteiger partial charge on any atom is 0.123 e. The van der Waals surface area contributed by atoms with Crippen molar-refractivity contribution in [2.24, 2.45) is 0 Å². The molecule has 0 unspecified atom stereocenters. The van der Waals surface area contributed by atoms with E-state index in [2.05, 4.69) is 9.97 Å². The van der Waals surface area contributed by atoms with E-state index in [1.807, 2.05) is 31.3 Å². The fourth-order valence-electron chi connectivity index (χ4n) is 1.21. The molecule has 2 heterocycles. The van der Waals surface area contributed by atoms with Gasteiger partial charge in [0.15, 0.2) is 0 Å². The van der Waals surface area contributed by atoms with Crippen molar-refractivity contribution in [2.45, 2.75) is 6.92 Å². The average molecular weight is 185 g/mol. The summed E-state index contributed by atoms with van der Waals surface area (Å²) in [6.45, 7) is 1.96. The molecule has 0 bridgehead atoms. The predicted molar refractivity (Wildman–Crippen MR) is 56.6 cm³/mol. The first-order valence-electron chi connectivity index (χ1n) is 4.40. The Morgan fingerprint density at radius 1 is 0.929 bits per heavy atom. The second-order valence-electron chi connectivity index (χ2n) is 3.16. The lowest BCUT2D eigenvalue weighted by Crippen LogP contribution is -1.89. The second-order valence-corrected chi connectivity index (χ2v) is 3.16. The zero-order valence-electron chi connectivity index (χ0n) is 7.94. The van der Waals surface area contributed by atoms with E-state index in [0.717, 1.165) is 16.8 Å². The molecule has 0 saturated heterocycles. The number of nitrogen functional groups attached to an aromatic ring is 1. The van der Waals surface area contributed by atoms with E-state index in [9.17, 15) is 0 Å². The van der Waals surface area contributed by atoms with Crippen LogP contribution in [0, 0.1) is 6.92 Å². The molecule has 2 rings (SSSR count). The third-order valence-electron chi connectivity index (χ3n) is 2.03. The van der Waals surface area contributed by atoms with Gasteiger partial charge in [-0.2, -0.15) is 0 Å². The van der Waals surface area contributed by atoms with Gasteiger partial charge in [-0.05, 0) is 25.1 Å². The molecule has 3 heteroatoms. The molecule has 0 aliphatic carbocycles. The summed E-state index contributed by atoms with van der Waals surface area (Å²) in [5.74, 6) is 0.536. The van der Waals surface area contributed by atoms with Crippen LogP contribution in [-0.2, 0) is 0 Å². The van der Waals surface area contributed by atoms with E-state index in [0.29, 0.717) is 5.82 Å². The van der Waals surface area contributed by atoms with Gasteiger partial charge >= 0.3 is 0 Å². The van der Waals surface area contributed by atoms with Crippen molar-refractivity contribution in [3.8, 4) is 11.1 Å². The van der Waals surface area contributed by atoms with Crippen LogP contribution >= 0.6 is 0 Å². The molecule has 3 nitrogen and oxygen atoms in total. The van der Waals surface area contributed by atoms with E-state index in [1.54, 1.807) is 12.3 Å². The minimum absolute atomic E-state index is 0.536. The van der Waals surface area contributed by atoms with Crippen LogP contribution in [0.4, 0.5) is 5.82 Å². The van der Waals surface area contributed by atoms with Crippen molar-refractivity contribution in [1.29, 1.82) is 0 Å². The molecule has 0 radical (unpaired) electrons. The van der Waals surface area contributed by atoms with Gasteiger partial charge in [0, 0.05) is 29.2 Å². The van der Waals surface area contributed by atoms with Crippen molar-refractivity contribution < 1.29 is 0 Å². The van der Waals surface area contributed by atoms with Crippen LogP contribution in [0.3, 0.4) is 0 Å². The SMILES string of the molecule is Cc1ccc(-c2ccc(N)nc2)cn1. The summed E-state index contributed by atoms with van der Waals surface area (Å²) in [7, 11) is 0. The van der Waals surface area contributed by atoms with E-state index in [-0.39, 0.29) is 0 Å². The molecule has 14 heavy (non-hydrogen) atoms. The number of aryl methyl sites for hydroxylation is 1. The summed E-state index contributed by atoms with van der Waals surface area (Å²) < 4.78 is 0. The zero-order valence-corrected chi connectivity index (χ0v) is 7.94. The van der Waals surface area contributed by atoms with Crippen LogP contribution < -0.4 is 5.73 Å². The van der Waals surface area contributed by atoms with Gasteiger partial charge in [-0.15, -0.1) is 0 Å². The van der Waals surface area contributed by atoms with Gasteiger partial charge in [-0.3, -0.25) is 4.98 Å². The van der Waals surface area contributed by atoms with Gasteiger partial charge in [0.1, 0.15) is 5.82 Å². The Morgan fingerprint density at radius 3 is 2.07 bits per heavy atom. The minimum atomic E-state index is 0.536. The van der Waals surface area contributed by atoms with Crippen molar-refractivity contribution in [3.63, 3.8) is 0 Å². The van der Waals surface area contributed by atoms with Crippen LogP contribution in [0.2, 0.25) is 0 Å². The number of aromatic nitrogens is 2. The highest BCUT2D eigenvalue weighted by Crippen LogP contribution is 2.17. The smallest absolute Gasteiger partial charge is 0.123 e. The van der Waals surface area contributed by atoms with E-state index in [1.165, 1.54) is 0 Å². The molecule has 0 atom stereocenters. The third-order valence-corrected chi connectivity index (χ3v) is 2.03. The molecule has 0 spiro atoms. The largest absolute Gasteiger partial charge is 0.384 e. The summed E-state index contributed by atoms with van der Waals surface area (Å²) >= 11 is 0. The lowest BCUT2D eigenvalue weighted by Gasteiger charge is -2.00. The molecule has 0 aromatic carbocycles. The zero-order chi connectivity index (χ0) is 9.97. The first-order chi connectivity index (χ1) is 6.75. The van der Waals surface area contributed by atoms with E-state index >= 15 is 0 Å². The molecule has 2 aromatic rings. The molecule has 0 saturated carbocycles. The lowest BCUT2D eigenvalue weighted by atomic mass is 10.1. The van der Waals surface area contributed by atoms with Crippen molar-refractivity contribution in [1.82, 2.24) is 9.97 Å². The van der Waals surface area contributed by atoms with E-state index < -0.39 is 0 Å². The molecule has 0 amide bonds. The molecule has 0 aliphatic heterocycles. The normalized spacial score (nSPS) is 10.1. The van der Waals surface area contributed by atoms with Gasteiger partial charge in [0.05, 0.1) is 0 Å². The lowest BCUT2D eigenvalue weighted by molar-refractivity contribution is 1.20. The minimum Gasteiger partial charge on any atom is -0.384 e. The number of anilines is 1.